The van der Waals surface area contributed by atoms with Crippen molar-refractivity contribution in [2.24, 2.45) is 0 Å². The maximum absolute atomic E-state index is 12.9. The van der Waals surface area contributed by atoms with E-state index >= 15 is 0 Å². The van der Waals surface area contributed by atoms with E-state index in [-0.39, 0.29) is 11.5 Å². The van der Waals surface area contributed by atoms with Crippen molar-refractivity contribution in [1.82, 2.24) is 24.2 Å². The van der Waals surface area contributed by atoms with Crippen LogP contribution in [0.15, 0.2) is 65.7 Å². The van der Waals surface area contributed by atoms with Gasteiger partial charge in [-0.2, -0.15) is 0 Å². The minimum absolute atomic E-state index is 0.125. The smallest absolute Gasteiger partial charge is 0.270 e. The summed E-state index contributed by atoms with van der Waals surface area (Å²) in [7, 11) is 0. The third-order valence-corrected chi connectivity index (χ3v) is 5.44. The molecular formula is C22H21N5O2. The van der Waals surface area contributed by atoms with Gasteiger partial charge in [-0.25, -0.2) is 4.98 Å². The molecule has 7 nitrogen and oxygen atoms in total. The summed E-state index contributed by atoms with van der Waals surface area (Å²) in [5.41, 5.74) is 2.09. The number of carbonyl (C=O) groups excluding carboxylic acids is 1. The number of imidazole rings is 1. The van der Waals surface area contributed by atoms with Crippen molar-refractivity contribution in [3.05, 3.63) is 82.7 Å². The van der Waals surface area contributed by atoms with Gasteiger partial charge in [0.2, 0.25) is 0 Å². The zero-order valence-electron chi connectivity index (χ0n) is 15.9. The number of piperazine rings is 1. The minimum atomic E-state index is -0.225. The number of hydrogen-bond donors (Lipinski definition) is 1. The van der Waals surface area contributed by atoms with E-state index in [2.05, 4.69) is 14.9 Å². The number of nitrogens with zero attached hydrogens (tertiary/aromatic N) is 4. The Hall–Kier alpha value is -3.45. The van der Waals surface area contributed by atoms with Crippen LogP contribution in [0.1, 0.15) is 16.2 Å². The Labute approximate surface area is 167 Å². The first-order valence-electron chi connectivity index (χ1n) is 9.74. The van der Waals surface area contributed by atoms with E-state index < -0.39 is 0 Å². The normalized spacial score (nSPS) is 15.2. The molecule has 1 saturated heterocycles. The lowest BCUT2D eigenvalue weighted by Gasteiger charge is -2.34. The molecule has 0 radical (unpaired) electrons. The van der Waals surface area contributed by atoms with Crippen molar-refractivity contribution >= 4 is 22.3 Å². The lowest BCUT2D eigenvalue weighted by molar-refractivity contribution is 0.0621. The first kappa shape index (κ1) is 17.6. The van der Waals surface area contributed by atoms with Crippen LogP contribution in [0.2, 0.25) is 0 Å². The van der Waals surface area contributed by atoms with Crippen LogP contribution in [-0.4, -0.2) is 56.3 Å². The summed E-state index contributed by atoms with van der Waals surface area (Å²) < 4.78 is 2.02. The molecule has 0 spiro atoms. The average Bonchev–Trinajstić information content (AvgIpc) is 3.16. The first-order chi connectivity index (χ1) is 14.2. The number of H-pyrrole nitrogens is 1. The number of aromatic nitrogens is 3. The van der Waals surface area contributed by atoms with E-state index in [0.717, 1.165) is 36.4 Å². The molecule has 0 bridgehead atoms. The maximum Gasteiger partial charge on any atom is 0.270 e. The molecule has 1 aliphatic rings. The van der Waals surface area contributed by atoms with Crippen LogP contribution in [-0.2, 0) is 6.54 Å². The summed E-state index contributed by atoms with van der Waals surface area (Å²) in [6.45, 7) is 3.56. The maximum atomic E-state index is 12.9. The predicted molar refractivity (Wildman–Crippen MR) is 111 cm³/mol. The van der Waals surface area contributed by atoms with Crippen LogP contribution in [0.25, 0.3) is 16.4 Å². The second kappa shape index (κ2) is 7.18. The fraction of sp³-hybridized carbons (Fsp3) is 0.227. The number of rotatable bonds is 3. The largest absolute Gasteiger partial charge is 0.335 e. The molecule has 4 aromatic rings. The summed E-state index contributed by atoms with van der Waals surface area (Å²) >= 11 is 0. The molecule has 0 aliphatic carbocycles. The number of carbonyl (C=O) groups is 1. The van der Waals surface area contributed by atoms with Crippen LogP contribution < -0.4 is 5.56 Å². The lowest BCUT2D eigenvalue weighted by Crippen LogP contribution is -2.48. The SMILES string of the molecule is O=C(c1cc2ccccc2c(=O)[nH]1)N1CCN(Cc2cn3ccccc3n2)CC1. The molecule has 1 N–H and O–H groups in total. The lowest BCUT2D eigenvalue weighted by atomic mass is 10.1. The van der Waals surface area contributed by atoms with Crippen LogP contribution >= 0.6 is 0 Å². The second-order valence-corrected chi connectivity index (χ2v) is 7.37. The summed E-state index contributed by atoms with van der Waals surface area (Å²) in [6.07, 6.45) is 4.04. The zero-order chi connectivity index (χ0) is 19.8. The van der Waals surface area contributed by atoms with Gasteiger partial charge in [0.05, 0.1) is 5.69 Å². The highest BCUT2D eigenvalue weighted by atomic mass is 16.2. The van der Waals surface area contributed by atoms with Crippen LogP contribution in [0.3, 0.4) is 0 Å². The van der Waals surface area contributed by atoms with Gasteiger partial charge in [-0.05, 0) is 29.7 Å². The fourth-order valence-electron chi connectivity index (χ4n) is 3.90. The molecular weight excluding hydrogens is 366 g/mol. The molecule has 3 aromatic heterocycles. The predicted octanol–water partition coefficient (Wildman–Crippen LogP) is 2.13. The Morgan fingerprint density at radius 3 is 2.66 bits per heavy atom. The Bertz CT molecular complexity index is 1220. The molecule has 0 saturated carbocycles. The first-order valence-corrected chi connectivity index (χ1v) is 9.74. The van der Waals surface area contributed by atoms with E-state index in [4.69, 9.17) is 0 Å². The van der Waals surface area contributed by atoms with Gasteiger partial charge in [-0.3, -0.25) is 14.5 Å². The molecule has 146 valence electrons. The quantitative estimate of drug-likeness (QED) is 0.585. The second-order valence-electron chi connectivity index (χ2n) is 7.37. The van der Waals surface area contributed by atoms with E-state index in [1.807, 2.05) is 53.2 Å². The van der Waals surface area contributed by atoms with E-state index in [1.54, 1.807) is 17.0 Å². The van der Waals surface area contributed by atoms with Crippen LogP contribution in [0, 0.1) is 0 Å². The van der Waals surface area contributed by atoms with E-state index in [0.29, 0.717) is 24.2 Å². The van der Waals surface area contributed by atoms with Gasteiger partial charge < -0.3 is 14.3 Å². The fourth-order valence-corrected chi connectivity index (χ4v) is 3.90. The van der Waals surface area contributed by atoms with Crippen molar-refractivity contribution in [3.8, 4) is 0 Å². The van der Waals surface area contributed by atoms with Crippen molar-refractivity contribution in [1.29, 1.82) is 0 Å². The number of pyridine rings is 2. The van der Waals surface area contributed by atoms with Gasteiger partial charge in [0, 0.05) is 50.5 Å². The average molecular weight is 387 g/mol. The molecule has 1 aromatic carbocycles. The number of amides is 1. The van der Waals surface area contributed by atoms with E-state index in [9.17, 15) is 9.59 Å². The van der Waals surface area contributed by atoms with Crippen LogP contribution in [0.5, 0.6) is 0 Å². The minimum Gasteiger partial charge on any atom is -0.335 e. The number of aromatic amines is 1. The standard InChI is InChI=1S/C22H21N5O2/c28-21-18-6-2-1-5-16(18)13-19(24-21)22(29)26-11-9-25(10-12-26)14-17-15-27-8-4-3-7-20(27)23-17/h1-8,13,15H,9-12,14H2,(H,24,28). The number of nitrogens with one attached hydrogen (secondary N) is 1. The molecule has 1 amide bonds. The Balaban J connectivity index is 1.26. The van der Waals surface area contributed by atoms with Crippen molar-refractivity contribution < 1.29 is 4.79 Å². The molecule has 1 aliphatic heterocycles. The van der Waals surface area contributed by atoms with Gasteiger partial charge in [-0.1, -0.05) is 24.3 Å². The highest BCUT2D eigenvalue weighted by Crippen LogP contribution is 2.14. The Kier molecular flexibility index (Phi) is 4.37. The van der Waals surface area contributed by atoms with Crippen molar-refractivity contribution in [2.75, 3.05) is 26.2 Å². The van der Waals surface area contributed by atoms with Gasteiger partial charge in [0.15, 0.2) is 0 Å². The summed E-state index contributed by atoms with van der Waals surface area (Å²) in [5.74, 6) is -0.125. The molecule has 29 heavy (non-hydrogen) atoms. The van der Waals surface area contributed by atoms with Crippen molar-refractivity contribution in [2.45, 2.75) is 6.54 Å². The van der Waals surface area contributed by atoms with E-state index in [1.165, 1.54) is 0 Å². The molecule has 4 heterocycles. The topological polar surface area (TPSA) is 73.7 Å². The summed E-state index contributed by atoms with van der Waals surface area (Å²) in [5, 5.41) is 1.38. The zero-order valence-corrected chi connectivity index (χ0v) is 15.9. The molecule has 1 fully saturated rings. The monoisotopic (exact) mass is 387 g/mol. The van der Waals surface area contributed by atoms with Gasteiger partial charge in [0.1, 0.15) is 11.3 Å². The third kappa shape index (κ3) is 3.40. The highest BCUT2D eigenvalue weighted by Gasteiger charge is 2.23. The van der Waals surface area contributed by atoms with Gasteiger partial charge in [-0.15, -0.1) is 0 Å². The molecule has 0 atom stereocenters. The number of hydrogen-bond acceptors (Lipinski definition) is 4. The summed E-state index contributed by atoms with van der Waals surface area (Å²) in [4.78, 5) is 36.7. The summed E-state index contributed by atoms with van der Waals surface area (Å²) in [6, 6.07) is 15.0. The highest BCUT2D eigenvalue weighted by molar-refractivity contribution is 5.96. The van der Waals surface area contributed by atoms with Crippen molar-refractivity contribution in [3.63, 3.8) is 0 Å². The van der Waals surface area contributed by atoms with Gasteiger partial charge >= 0.3 is 0 Å². The Morgan fingerprint density at radius 2 is 1.83 bits per heavy atom. The van der Waals surface area contributed by atoms with Gasteiger partial charge in [0.25, 0.3) is 11.5 Å². The molecule has 5 rings (SSSR count). The Morgan fingerprint density at radius 1 is 1.03 bits per heavy atom. The number of fused-ring (bicyclic) bond motifs is 2. The molecule has 0 unspecified atom stereocenters. The third-order valence-electron chi connectivity index (χ3n) is 5.44. The van der Waals surface area contributed by atoms with Crippen LogP contribution in [0.4, 0.5) is 0 Å². The molecule has 7 heteroatoms. The number of benzene rings is 1.